The van der Waals surface area contributed by atoms with Crippen molar-refractivity contribution in [1.82, 2.24) is 14.1 Å². The molecule has 0 spiro atoms. The zero-order valence-corrected chi connectivity index (χ0v) is 12.8. The van der Waals surface area contributed by atoms with Gasteiger partial charge in [-0.3, -0.25) is 13.9 Å². The smallest absolute Gasteiger partial charge is 0.310 e. The lowest BCUT2D eigenvalue weighted by Gasteiger charge is -2.17. The Morgan fingerprint density at radius 2 is 2.04 bits per heavy atom. The monoisotopic (exact) mass is 308 g/mol. The predicted octanol–water partition coefficient (Wildman–Crippen LogP) is 1.32. The van der Waals surface area contributed by atoms with Gasteiger partial charge in [0.15, 0.2) is 5.65 Å². The molecule has 0 N–H and O–H groups in total. The summed E-state index contributed by atoms with van der Waals surface area (Å²) in [6.07, 6.45) is 2.50. The van der Waals surface area contributed by atoms with E-state index in [1.165, 1.54) is 14.7 Å². The Balaban J connectivity index is 1.71. The molecule has 4 rings (SSSR count). The van der Waals surface area contributed by atoms with Gasteiger partial charge in [0.05, 0.1) is 5.52 Å². The molecule has 23 heavy (non-hydrogen) atoms. The van der Waals surface area contributed by atoms with Crippen molar-refractivity contribution < 1.29 is 4.79 Å². The van der Waals surface area contributed by atoms with Gasteiger partial charge in [-0.2, -0.15) is 0 Å². The largest absolute Gasteiger partial charge is 0.330 e. The Morgan fingerprint density at radius 1 is 1.22 bits per heavy atom. The number of rotatable bonds is 2. The molecule has 0 radical (unpaired) electrons. The van der Waals surface area contributed by atoms with Gasteiger partial charge >= 0.3 is 5.69 Å². The molecule has 6 nitrogen and oxygen atoms in total. The van der Waals surface area contributed by atoms with Crippen LogP contribution in [0.2, 0.25) is 0 Å². The maximum atomic E-state index is 12.7. The highest BCUT2D eigenvalue weighted by Crippen LogP contribution is 2.27. The van der Waals surface area contributed by atoms with Crippen molar-refractivity contribution in [2.75, 3.05) is 11.4 Å². The first-order valence-electron chi connectivity index (χ1n) is 7.55. The Labute approximate surface area is 132 Å². The number of benzene rings is 1. The van der Waals surface area contributed by atoms with E-state index in [0.717, 1.165) is 12.1 Å². The second-order valence-electron chi connectivity index (χ2n) is 5.70. The number of aryl methyl sites for hydroxylation is 1. The van der Waals surface area contributed by atoms with Crippen LogP contribution in [-0.4, -0.2) is 26.6 Å². The molecule has 116 valence electrons. The Morgan fingerprint density at radius 3 is 2.91 bits per heavy atom. The van der Waals surface area contributed by atoms with Crippen molar-refractivity contribution >= 4 is 22.8 Å². The molecule has 1 amide bonds. The normalized spacial score (nSPS) is 13.5. The molecule has 0 bridgehead atoms. The van der Waals surface area contributed by atoms with Gasteiger partial charge in [0.25, 0.3) is 0 Å². The zero-order valence-electron chi connectivity index (χ0n) is 12.8. The average molecular weight is 308 g/mol. The fraction of sp³-hybridized carbons (Fsp3) is 0.235. The van der Waals surface area contributed by atoms with Crippen molar-refractivity contribution in [2.24, 2.45) is 7.05 Å². The molecular weight excluding hydrogens is 292 g/mol. The van der Waals surface area contributed by atoms with E-state index in [1.807, 2.05) is 30.3 Å². The maximum absolute atomic E-state index is 12.7. The van der Waals surface area contributed by atoms with Crippen LogP contribution in [0.15, 0.2) is 47.4 Å². The number of anilines is 1. The number of hydrogen-bond acceptors (Lipinski definition) is 3. The topological polar surface area (TPSA) is 60.1 Å². The summed E-state index contributed by atoms with van der Waals surface area (Å²) in [6.45, 7) is 0.687. The minimum atomic E-state index is -0.223. The van der Waals surface area contributed by atoms with Crippen molar-refractivity contribution in [3.05, 3.63) is 58.6 Å². The molecular formula is C17H16N4O2. The number of pyridine rings is 1. The number of carbonyl (C=O) groups excluding carboxylic acids is 1. The number of aromatic nitrogens is 3. The highest BCUT2D eigenvalue weighted by molar-refractivity contribution is 5.95. The zero-order chi connectivity index (χ0) is 16.0. The maximum Gasteiger partial charge on any atom is 0.330 e. The van der Waals surface area contributed by atoms with Gasteiger partial charge in [-0.05, 0) is 30.2 Å². The van der Waals surface area contributed by atoms with Gasteiger partial charge < -0.3 is 4.90 Å². The molecule has 2 aromatic heterocycles. The van der Waals surface area contributed by atoms with E-state index in [-0.39, 0.29) is 18.1 Å². The quantitative estimate of drug-likeness (QED) is 0.717. The van der Waals surface area contributed by atoms with Crippen molar-refractivity contribution in [1.29, 1.82) is 0 Å². The van der Waals surface area contributed by atoms with Crippen LogP contribution in [0.1, 0.15) is 5.56 Å². The van der Waals surface area contributed by atoms with Gasteiger partial charge in [0, 0.05) is 25.5 Å². The highest BCUT2D eigenvalue weighted by Gasteiger charge is 2.25. The summed E-state index contributed by atoms with van der Waals surface area (Å²) in [4.78, 5) is 31.1. The number of carbonyl (C=O) groups is 1. The Hall–Kier alpha value is -2.89. The van der Waals surface area contributed by atoms with E-state index in [0.29, 0.717) is 17.7 Å². The summed E-state index contributed by atoms with van der Waals surface area (Å²) in [6, 6.07) is 11.5. The number of para-hydroxylation sites is 1. The first-order valence-corrected chi connectivity index (χ1v) is 7.55. The van der Waals surface area contributed by atoms with Crippen molar-refractivity contribution in [3.8, 4) is 0 Å². The van der Waals surface area contributed by atoms with Crippen molar-refractivity contribution in [2.45, 2.75) is 13.0 Å². The number of amides is 1. The van der Waals surface area contributed by atoms with E-state index >= 15 is 0 Å². The van der Waals surface area contributed by atoms with Crippen LogP contribution in [0, 0.1) is 0 Å². The lowest BCUT2D eigenvalue weighted by Crippen LogP contribution is -2.35. The molecule has 0 saturated heterocycles. The van der Waals surface area contributed by atoms with E-state index in [9.17, 15) is 9.59 Å². The lowest BCUT2D eigenvalue weighted by molar-refractivity contribution is -0.119. The minimum absolute atomic E-state index is 0.0240. The standard InChI is InChI=1S/C17H16N4O2/c1-19-16-14(7-4-9-18-16)21(17(19)23)11-15(22)20-10-8-12-5-2-3-6-13(12)20/h2-7,9H,8,10-11H2,1H3. The number of fused-ring (bicyclic) bond motifs is 2. The van der Waals surface area contributed by atoms with Gasteiger partial charge in [-0.25, -0.2) is 9.78 Å². The van der Waals surface area contributed by atoms with E-state index in [1.54, 1.807) is 24.2 Å². The predicted molar refractivity (Wildman–Crippen MR) is 87.5 cm³/mol. The molecule has 0 saturated carbocycles. The second-order valence-corrected chi connectivity index (χ2v) is 5.70. The van der Waals surface area contributed by atoms with Gasteiger partial charge in [-0.1, -0.05) is 18.2 Å². The SMILES string of the molecule is Cn1c(=O)n(CC(=O)N2CCc3ccccc32)c2cccnc21. The molecule has 1 aromatic carbocycles. The second kappa shape index (κ2) is 5.08. The van der Waals surface area contributed by atoms with E-state index in [4.69, 9.17) is 0 Å². The summed E-state index contributed by atoms with van der Waals surface area (Å²) < 4.78 is 2.96. The third-order valence-corrected chi connectivity index (χ3v) is 4.37. The summed E-state index contributed by atoms with van der Waals surface area (Å²) in [7, 11) is 1.67. The van der Waals surface area contributed by atoms with Crippen LogP contribution < -0.4 is 10.6 Å². The summed E-state index contributed by atoms with van der Waals surface area (Å²) >= 11 is 0. The lowest BCUT2D eigenvalue weighted by atomic mass is 10.2. The number of imidazole rings is 1. The summed E-state index contributed by atoms with van der Waals surface area (Å²) in [5.74, 6) is -0.0756. The molecule has 0 fully saturated rings. The highest BCUT2D eigenvalue weighted by atomic mass is 16.2. The number of hydrogen-bond donors (Lipinski definition) is 0. The molecule has 1 aliphatic heterocycles. The first-order chi connectivity index (χ1) is 11.2. The third-order valence-electron chi connectivity index (χ3n) is 4.37. The molecule has 1 aliphatic rings. The average Bonchev–Trinajstić information content (AvgIpc) is 3.11. The first kappa shape index (κ1) is 13.8. The fourth-order valence-electron chi connectivity index (χ4n) is 3.20. The molecule has 0 atom stereocenters. The molecule has 0 aliphatic carbocycles. The molecule has 3 aromatic rings. The van der Waals surface area contributed by atoms with Crippen LogP contribution >= 0.6 is 0 Å². The van der Waals surface area contributed by atoms with Gasteiger partial charge in [0.2, 0.25) is 5.91 Å². The van der Waals surface area contributed by atoms with E-state index in [2.05, 4.69) is 4.98 Å². The molecule has 3 heterocycles. The van der Waals surface area contributed by atoms with E-state index < -0.39 is 0 Å². The fourth-order valence-corrected chi connectivity index (χ4v) is 3.20. The van der Waals surface area contributed by atoms with Gasteiger partial charge in [-0.15, -0.1) is 0 Å². The van der Waals surface area contributed by atoms with Crippen LogP contribution in [0.3, 0.4) is 0 Å². The van der Waals surface area contributed by atoms with Crippen LogP contribution in [0.25, 0.3) is 11.2 Å². The molecule has 6 heteroatoms. The van der Waals surface area contributed by atoms with Gasteiger partial charge in [0.1, 0.15) is 6.54 Å². The minimum Gasteiger partial charge on any atom is -0.310 e. The summed E-state index contributed by atoms with van der Waals surface area (Å²) in [5.41, 5.74) is 3.17. The van der Waals surface area contributed by atoms with Crippen LogP contribution in [0.5, 0.6) is 0 Å². The molecule has 0 unspecified atom stereocenters. The van der Waals surface area contributed by atoms with Crippen molar-refractivity contribution in [3.63, 3.8) is 0 Å². The summed E-state index contributed by atoms with van der Waals surface area (Å²) in [5, 5.41) is 0. The van der Waals surface area contributed by atoms with Crippen LogP contribution in [0.4, 0.5) is 5.69 Å². The van der Waals surface area contributed by atoms with Crippen LogP contribution in [-0.2, 0) is 24.8 Å². The Kier molecular flexibility index (Phi) is 3.04. The third kappa shape index (κ3) is 2.06. The number of nitrogens with zero attached hydrogens (tertiary/aromatic N) is 4. The Bertz CT molecular complexity index is 970.